The lowest BCUT2D eigenvalue weighted by Crippen LogP contribution is -2.46. The molecule has 0 aromatic rings. The molecule has 0 saturated carbocycles. The number of amides is 1. The standard InChI is InChI=1S/C26H52N2O8/c1-3-4-5-6-7-8-9-10-11-12-13-14-15-21(30)23(32)20(27)18-36-26(35)25(34)24(33)22(31)16-17-28-19(2)29/h20-23,26,30-35H,3-18,27H2,1-2H3,(H,28,29)/b25-24+/t20-,21+,22?,23-,26?/m0/s1. The number of rotatable bonds is 23. The first-order chi connectivity index (χ1) is 17.1. The summed E-state index contributed by atoms with van der Waals surface area (Å²) >= 11 is 0. The van der Waals surface area contributed by atoms with Gasteiger partial charge in [-0.05, 0) is 12.8 Å². The van der Waals surface area contributed by atoms with Crippen LogP contribution in [-0.2, 0) is 9.53 Å². The summed E-state index contributed by atoms with van der Waals surface area (Å²) in [5.41, 5.74) is 5.84. The second-order valence-corrected chi connectivity index (χ2v) is 9.64. The topological polar surface area (TPSA) is 186 Å². The van der Waals surface area contributed by atoms with Crippen LogP contribution in [0.3, 0.4) is 0 Å². The van der Waals surface area contributed by atoms with Crippen LogP contribution >= 0.6 is 0 Å². The number of unbranched alkanes of at least 4 members (excludes halogenated alkanes) is 11. The molecule has 0 aliphatic carbocycles. The van der Waals surface area contributed by atoms with E-state index in [0.717, 1.165) is 19.3 Å². The Morgan fingerprint density at radius 3 is 1.81 bits per heavy atom. The van der Waals surface area contributed by atoms with E-state index in [1.807, 2.05) is 0 Å². The minimum Gasteiger partial charge on any atom is -0.506 e. The fourth-order valence-corrected chi connectivity index (χ4v) is 3.85. The minimum absolute atomic E-state index is 0.0545. The maximum absolute atomic E-state index is 10.8. The van der Waals surface area contributed by atoms with Crippen molar-refractivity contribution < 1.29 is 40.2 Å². The van der Waals surface area contributed by atoms with E-state index < -0.39 is 48.8 Å². The molecule has 0 saturated heterocycles. The van der Waals surface area contributed by atoms with Gasteiger partial charge in [-0.3, -0.25) is 4.79 Å². The molecule has 9 N–H and O–H groups in total. The van der Waals surface area contributed by atoms with Gasteiger partial charge in [0.05, 0.1) is 24.9 Å². The van der Waals surface area contributed by atoms with Crippen molar-refractivity contribution in [1.82, 2.24) is 5.32 Å². The van der Waals surface area contributed by atoms with Gasteiger partial charge in [-0.15, -0.1) is 0 Å². The number of nitrogens with one attached hydrogen (secondary N) is 1. The van der Waals surface area contributed by atoms with Crippen LogP contribution in [0.5, 0.6) is 0 Å². The molecule has 0 fully saturated rings. The summed E-state index contributed by atoms with van der Waals surface area (Å²) < 4.78 is 4.98. The van der Waals surface area contributed by atoms with E-state index in [9.17, 15) is 35.4 Å². The third-order valence-electron chi connectivity index (χ3n) is 6.24. The summed E-state index contributed by atoms with van der Waals surface area (Å²) in [5, 5.41) is 62.2. The molecule has 0 aliphatic heterocycles. The first-order valence-corrected chi connectivity index (χ1v) is 13.6. The molecule has 0 aromatic heterocycles. The average molecular weight is 521 g/mol. The quantitative estimate of drug-likeness (QED) is 0.0569. The summed E-state index contributed by atoms with van der Waals surface area (Å²) in [4.78, 5) is 10.8. The van der Waals surface area contributed by atoms with Gasteiger partial charge in [0.15, 0.2) is 11.5 Å². The van der Waals surface area contributed by atoms with Gasteiger partial charge in [-0.25, -0.2) is 0 Å². The molecular formula is C26H52N2O8. The number of hydrogen-bond donors (Lipinski definition) is 8. The van der Waals surface area contributed by atoms with E-state index in [2.05, 4.69) is 12.2 Å². The van der Waals surface area contributed by atoms with Crippen LogP contribution in [0.25, 0.3) is 0 Å². The van der Waals surface area contributed by atoms with Crippen molar-refractivity contribution in [2.75, 3.05) is 13.2 Å². The van der Waals surface area contributed by atoms with Crippen molar-refractivity contribution in [3.05, 3.63) is 11.5 Å². The molecule has 10 nitrogen and oxygen atoms in total. The second-order valence-electron chi connectivity index (χ2n) is 9.64. The molecule has 2 unspecified atom stereocenters. The van der Waals surface area contributed by atoms with Crippen LogP contribution in [0.4, 0.5) is 0 Å². The van der Waals surface area contributed by atoms with Crippen LogP contribution in [0.1, 0.15) is 104 Å². The van der Waals surface area contributed by atoms with E-state index >= 15 is 0 Å². The number of carbonyl (C=O) groups is 1. The molecule has 0 spiro atoms. The first kappa shape index (κ1) is 34.6. The number of aliphatic hydroxyl groups is 6. The largest absolute Gasteiger partial charge is 0.506 e. The zero-order chi connectivity index (χ0) is 27.3. The van der Waals surface area contributed by atoms with Gasteiger partial charge >= 0.3 is 0 Å². The van der Waals surface area contributed by atoms with Crippen molar-refractivity contribution in [3.63, 3.8) is 0 Å². The lowest BCUT2D eigenvalue weighted by atomic mass is 10.00. The fourth-order valence-electron chi connectivity index (χ4n) is 3.85. The third-order valence-corrected chi connectivity index (χ3v) is 6.24. The van der Waals surface area contributed by atoms with E-state index in [1.165, 1.54) is 64.7 Å². The molecule has 0 aromatic carbocycles. The van der Waals surface area contributed by atoms with Gasteiger partial charge in [0.2, 0.25) is 12.2 Å². The van der Waals surface area contributed by atoms with E-state index in [1.54, 1.807) is 0 Å². The summed E-state index contributed by atoms with van der Waals surface area (Å²) in [6.45, 7) is 3.17. The first-order valence-electron chi connectivity index (χ1n) is 13.6. The van der Waals surface area contributed by atoms with Gasteiger partial charge in [-0.1, -0.05) is 84.0 Å². The van der Waals surface area contributed by atoms with Crippen molar-refractivity contribution in [3.8, 4) is 0 Å². The van der Waals surface area contributed by atoms with Crippen LogP contribution in [0, 0.1) is 0 Å². The third kappa shape index (κ3) is 17.1. The molecule has 0 heterocycles. The average Bonchev–Trinajstić information content (AvgIpc) is 2.85. The Morgan fingerprint density at radius 1 is 0.806 bits per heavy atom. The Labute approximate surface area is 216 Å². The zero-order valence-electron chi connectivity index (χ0n) is 22.3. The highest BCUT2D eigenvalue weighted by Gasteiger charge is 2.26. The van der Waals surface area contributed by atoms with Crippen LogP contribution in [0.15, 0.2) is 11.5 Å². The Morgan fingerprint density at radius 2 is 1.31 bits per heavy atom. The van der Waals surface area contributed by atoms with Crippen LogP contribution in [0.2, 0.25) is 0 Å². The zero-order valence-corrected chi connectivity index (χ0v) is 22.3. The highest BCUT2D eigenvalue weighted by Crippen LogP contribution is 2.15. The molecular weight excluding hydrogens is 468 g/mol. The maximum atomic E-state index is 10.8. The second kappa shape index (κ2) is 21.6. The van der Waals surface area contributed by atoms with E-state index in [0.29, 0.717) is 6.42 Å². The molecule has 1 amide bonds. The minimum atomic E-state index is -1.98. The number of nitrogens with two attached hydrogens (primary N) is 1. The number of aliphatic hydroxyl groups excluding tert-OH is 6. The normalized spacial score (nSPS) is 16.6. The molecule has 0 aliphatic rings. The van der Waals surface area contributed by atoms with Crippen molar-refractivity contribution >= 4 is 5.91 Å². The van der Waals surface area contributed by atoms with Crippen molar-refractivity contribution in [2.24, 2.45) is 5.73 Å². The molecule has 0 bridgehead atoms. The molecule has 36 heavy (non-hydrogen) atoms. The predicted octanol–water partition coefficient (Wildman–Crippen LogP) is 2.68. The lowest BCUT2D eigenvalue weighted by molar-refractivity contribution is -0.119. The Bertz CT molecular complexity index is 590. The van der Waals surface area contributed by atoms with Crippen LogP contribution in [-0.4, -0.2) is 80.3 Å². The molecule has 5 atom stereocenters. The summed E-state index contributed by atoms with van der Waals surface area (Å²) in [5.74, 6) is -2.20. The van der Waals surface area contributed by atoms with Gasteiger partial charge < -0.3 is 46.4 Å². The smallest absolute Gasteiger partial charge is 0.217 e. The van der Waals surface area contributed by atoms with Gasteiger partial charge in [0, 0.05) is 13.5 Å². The molecule has 0 radical (unpaired) electrons. The summed E-state index contributed by atoms with van der Waals surface area (Å²) in [6.07, 6.45) is 8.87. The van der Waals surface area contributed by atoms with Crippen molar-refractivity contribution in [2.45, 2.75) is 134 Å². The molecule has 0 rings (SSSR count). The van der Waals surface area contributed by atoms with Gasteiger partial charge in [0.1, 0.15) is 6.10 Å². The van der Waals surface area contributed by atoms with E-state index in [-0.39, 0.29) is 18.9 Å². The highest BCUT2D eigenvalue weighted by atomic mass is 16.6. The number of hydrogen-bond acceptors (Lipinski definition) is 9. The highest BCUT2D eigenvalue weighted by molar-refractivity contribution is 5.72. The van der Waals surface area contributed by atoms with Crippen molar-refractivity contribution in [1.29, 1.82) is 0 Å². The predicted molar refractivity (Wildman–Crippen MR) is 139 cm³/mol. The monoisotopic (exact) mass is 520 g/mol. The van der Waals surface area contributed by atoms with E-state index in [4.69, 9.17) is 10.5 Å². The molecule has 214 valence electrons. The SMILES string of the molecule is CCCCCCCCCCCCCC[C@@H](O)[C@@H](O)[C@@H](N)COC(O)/C(O)=C(\O)C(O)CCNC(C)=O. The Hall–Kier alpha value is -1.43. The lowest BCUT2D eigenvalue weighted by Gasteiger charge is -2.25. The maximum Gasteiger partial charge on any atom is 0.217 e. The number of carbonyl (C=O) groups excluding carboxylic acids is 1. The van der Waals surface area contributed by atoms with Gasteiger partial charge in [0.25, 0.3) is 0 Å². The van der Waals surface area contributed by atoms with Crippen LogP contribution < -0.4 is 11.1 Å². The Balaban J connectivity index is 4.06. The summed E-state index contributed by atoms with van der Waals surface area (Å²) in [6, 6.07) is -1.04. The number of ether oxygens (including phenoxy) is 1. The van der Waals surface area contributed by atoms with Gasteiger partial charge in [-0.2, -0.15) is 0 Å². The Kier molecular flexibility index (Phi) is 20.8. The molecule has 10 heteroatoms. The fraction of sp³-hybridized carbons (Fsp3) is 0.885. The summed E-state index contributed by atoms with van der Waals surface area (Å²) in [7, 11) is 0.